The number of benzene rings is 1. The minimum atomic E-state index is -0.263. The van der Waals surface area contributed by atoms with Crippen LogP contribution in [0.5, 0.6) is 0 Å². The largest absolute Gasteiger partial charge is 0.338 e. The van der Waals surface area contributed by atoms with E-state index >= 15 is 0 Å². The van der Waals surface area contributed by atoms with E-state index in [2.05, 4.69) is 38.0 Å². The Kier molecular flexibility index (Phi) is 6.28. The van der Waals surface area contributed by atoms with Gasteiger partial charge in [0, 0.05) is 42.2 Å². The number of halogens is 1. The highest BCUT2D eigenvalue weighted by molar-refractivity contribution is 9.10. The minimum absolute atomic E-state index is 0.0154. The molecule has 0 atom stereocenters. The molecule has 3 amide bonds. The predicted molar refractivity (Wildman–Crippen MR) is 110 cm³/mol. The van der Waals surface area contributed by atoms with Gasteiger partial charge in [-0.3, -0.25) is 14.4 Å². The van der Waals surface area contributed by atoms with Gasteiger partial charge in [0.25, 0.3) is 0 Å². The van der Waals surface area contributed by atoms with Gasteiger partial charge in [-0.05, 0) is 41.6 Å². The van der Waals surface area contributed by atoms with Gasteiger partial charge >= 0.3 is 0 Å². The number of anilines is 2. The van der Waals surface area contributed by atoms with Crippen LogP contribution in [0.2, 0.25) is 0 Å². The zero-order chi connectivity index (χ0) is 19.4. The predicted octanol–water partition coefficient (Wildman–Crippen LogP) is 3.77. The van der Waals surface area contributed by atoms with Crippen LogP contribution in [0.1, 0.15) is 30.2 Å². The van der Waals surface area contributed by atoms with Crippen LogP contribution in [0.3, 0.4) is 0 Å². The Balaban J connectivity index is 1.55. The van der Waals surface area contributed by atoms with Gasteiger partial charge in [-0.1, -0.05) is 15.9 Å². The van der Waals surface area contributed by atoms with Crippen molar-refractivity contribution < 1.29 is 14.4 Å². The average Bonchev–Trinajstić information content (AvgIpc) is 3.09. The normalized spacial score (nSPS) is 13.0. The van der Waals surface area contributed by atoms with Gasteiger partial charge < -0.3 is 15.5 Å². The molecule has 2 N–H and O–H groups in total. The number of thiophene rings is 1. The summed E-state index contributed by atoms with van der Waals surface area (Å²) in [5.74, 6) is -0.500. The van der Waals surface area contributed by atoms with Crippen LogP contribution in [-0.2, 0) is 27.3 Å². The van der Waals surface area contributed by atoms with Crippen molar-refractivity contribution >= 4 is 56.4 Å². The lowest BCUT2D eigenvalue weighted by Crippen LogP contribution is -2.35. The smallest absolute Gasteiger partial charge is 0.224 e. The highest BCUT2D eigenvalue weighted by atomic mass is 79.9. The third kappa shape index (κ3) is 5.17. The molecule has 1 aliphatic rings. The van der Waals surface area contributed by atoms with E-state index in [4.69, 9.17) is 0 Å². The van der Waals surface area contributed by atoms with Crippen LogP contribution in [0.25, 0.3) is 0 Å². The molecule has 1 aromatic carbocycles. The lowest BCUT2D eigenvalue weighted by atomic mass is 10.1. The molecule has 6 nitrogen and oxygen atoms in total. The zero-order valence-corrected chi connectivity index (χ0v) is 17.3. The average molecular weight is 450 g/mol. The van der Waals surface area contributed by atoms with E-state index < -0.39 is 0 Å². The number of rotatable bonds is 5. The summed E-state index contributed by atoms with van der Waals surface area (Å²) >= 11 is 5.08. The second-order valence-electron chi connectivity index (χ2n) is 6.35. The van der Waals surface area contributed by atoms with E-state index in [9.17, 15) is 14.4 Å². The molecule has 0 saturated carbocycles. The van der Waals surface area contributed by atoms with Crippen molar-refractivity contribution in [1.82, 2.24) is 4.90 Å². The molecule has 0 bridgehead atoms. The van der Waals surface area contributed by atoms with E-state index in [1.165, 1.54) is 17.4 Å². The highest BCUT2D eigenvalue weighted by Crippen LogP contribution is 2.27. The minimum Gasteiger partial charge on any atom is -0.338 e. The summed E-state index contributed by atoms with van der Waals surface area (Å²) in [6.45, 7) is 2.73. The first-order chi connectivity index (χ1) is 12.9. The van der Waals surface area contributed by atoms with E-state index in [1.54, 1.807) is 29.5 Å². The molecule has 1 aromatic heterocycles. The maximum Gasteiger partial charge on any atom is 0.224 e. The van der Waals surface area contributed by atoms with Crippen LogP contribution in [-0.4, -0.2) is 29.2 Å². The van der Waals surface area contributed by atoms with Gasteiger partial charge in [-0.2, -0.15) is 0 Å². The Morgan fingerprint density at radius 2 is 1.96 bits per heavy atom. The summed E-state index contributed by atoms with van der Waals surface area (Å²) in [7, 11) is 0. The lowest BCUT2D eigenvalue weighted by molar-refractivity contribution is -0.133. The first kappa shape index (κ1) is 19.6. The van der Waals surface area contributed by atoms with Crippen LogP contribution < -0.4 is 10.6 Å². The number of nitrogens with one attached hydrogen (secondary N) is 2. The Hall–Kier alpha value is -2.19. The number of nitrogens with zero attached hydrogens (tertiary/aromatic N) is 1. The Bertz CT molecular complexity index is 881. The summed E-state index contributed by atoms with van der Waals surface area (Å²) in [5.41, 5.74) is 2.22. The van der Waals surface area contributed by atoms with E-state index in [1.807, 2.05) is 4.90 Å². The molecule has 1 aliphatic heterocycles. The van der Waals surface area contributed by atoms with Gasteiger partial charge in [-0.25, -0.2) is 0 Å². The van der Waals surface area contributed by atoms with Crippen molar-refractivity contribution in [3.8, 4) is 0 Å². The maximum atomic E-state index is 12.4. The first-order valence-corrected chi connectivity index (χ1v) is 10.3. The van der Waals surface area contributed by atoms with Gasteiger partial charge in [0.1, 0.15) is 0 Å². The molecule has 0 unspecified atom stereocenters. The molecular formula is C19H20BrN3O3S. The van der Waals surface area contributed by atoms with Crippen molar-refractivity contribution in [2.75, 3.05) is 17.2 Å². The molecule has 8 heteroatoms. The van der Waals surface area contributed by atoms with E-state index in [-0.39, 0.29) is 30.6 Å². The van der Waals surface area contributed by atoms with Crippen molar-refractivity contribution in [3.63, 3.8) is 0 Å². The topological polar surface area (TPSA) is 78.5 Å². The zero-order valence-electron chi connectivity index (χ0n) is 14.9. The summed E-state index contributed by atoms with van der Waals surface area (Å²) in [5, 5.41) is 7.51. The summed E-state index contributed by atoms with van der Waals surface area (Å²) in [6.07, 6.45) is 1.13. The van der Waals surface area contributed by atoms with Crippen LogP contribution in [0.15, 0.2) is 34.1 Å². The first-order valence-electron chi connectivity index (χ1n) is 8.62. The number of carbonyl (C=O) groups is 3. The highest BCUT2D eigenvalue weighted by Gasteiger charge is 2.22. The van der Waals surface area contributed by atoms with Crippen molar-refractivity contribution in [2.45, 2.75) is 32.7 Å². The van der Waals surface area contributed by atoms with Crippen molar-refractivity contribution in [3.05, 3.63) is 44.6 Å². The lowest BCUT2D eigenvalue weighted by Gasteiger charge is -2.27. The molecule has 3 rings (SSSR count). The number of amides is 3. The maximum absolute atomic E-state index is 12.4. The molecule has 142 valence electrons. The number of hydrogen-bond donors (Lipinski definition) is 2. The molecule has 2 heterocycles. The van der Waals surface area contributed by atoms with Gasteiger partial charge in [0.05, 0.1) is 11.4 Å². The molecule has 0 spiro atoms. The van der Waals surface area contributed by atoms with Crippen molar-refractivity contribution in [2.24, 2.45) is 0 Å². The SMILES string of the molecule is CC(=O)Nc1ccc(Br)cc1NC(=O)CCC(=O)N1CCc2sccc2C1. The Morgan fingerprint density at radius 3 is 2.74 bits per heavy atom. The summed E-state index contributed by atoms with van der Waals surface area (Å²) < 4.78 is 0.780. The quantitative estimate of drug-likeness (QED) is 0.728. The molecule has 0 saturated heterocycles. The molecular weight excluding hydrogens is 430 g/mol. The Labute approximate surface area is 170 Å². The van der Waals surface area contributed by atoms with E-state index in [0.717, 1.165) is 10.9 Å². The van der Waals surface area contributed by atoms with E-state index in [0.29, 0.717) is 24.5 Å². The van der Waals surface area contributed by atoms with Gasteiger partial charge in [-0.15, -0.1) is 11.3 Å². The second-order valence-corrected chi connectivity index (χ2v) is 8.27. The van der Waals surface area contributed by atoms with Gasteiger partial charge in [0.15, 0.2) is 0 Å². The number of carbonyl (C=O) groups excluding carboxylic acids is 3. The second kappa shape index (κ2) is 8.67. The number of hydrogen-bond acceptors (Lipinski definition) is 4. The molecule has 27 heavy (non-hydrogen) atoms. The van der Waals surface area contributed by atoms with Crippen LogP contribution in [0.4, 0.5) is 11.4 Å². The summed E-state index contributed by atoms with van der Waals surface area (Å²) in [4.78, 5) is 39.2. The fraction of sp³-hybridized carbons (Fsp3) is 0.316. The third-order valence-corrected chi connectivity index (χ3v) is 5.81. The fourth-order valence-electron chi connectivity index (χ4n) is 2.97. The standard InChI is InChI=1S/C19H20BrN3O3S/c1-12(24)21-15-3-2-14(20)10-16(15)22-18(25)4-5-19(26)23-8-6-17-13(11-23)7-9-27-17/h2-3,7,9-10H,4-6,8,11H2,1H3,(H,21,24)(H,22,25). The van der Waals surface area contributed by atoms with Crippen LogP contribution >= 0.6 is 27.3 Å². The molecule has 0 fully saturated rings. The van der Waals surface area contributed by atoms with Crippen LogP contribution in [0, 0.1) is 0 Å². The molecule has 0 aliphatic carbocycles. The molecule has 0 radical (unpaired) electrons. The monoisotopic (exact) mass is 449 g/mol. The Morgan fingerprint density at radius 1 is 1.15 bits per heavy atom. The van der Waals surface area contributed by atoms with Gasteiger partial charge in [0.2, 0.25) is 17.7 Å². The summed E-state index contributed by atoms with van der Waals surface area (Å²) in [6, 6.07) is 7.26. The number of fused-ring (bicyclic) bond motifs is 1. The molecule has 2 aromatic rings. The van der Waals surface area contributed by atoms with Crippen molar-refractivity contribution in [1.29, 1.82) is 0 Å². The third-order valence-electron chi connectivity index (χ3n) is 4.29. The fourth-order valence-corrected chi connectivity index (χ4v) is 4.22.